The maximum Gasteiger partial charge on any atom is 0.279 e. The molecule has 8 heteroatoms. The van der Waals surface area contributed by atoms with Crippen molar-refractivity contribution in [2.75, 3.05) is 20.8 Å². The van der Waals surface area contributed by atoms with Crippen LogP contribution in [0.1, 0.15) is 15.9 Å². The first-order valence-corrected chi connectivity index (χ1v) is 7.65. The van der Waals surface area contributed by atoms with Gasteiger partial charge in [0.1, 0.15) is 0 Å². The minimum atomic E-state index is -0.552. The summed E-state index contributed by atoms with van der Waals surface area (Å²) in [5, 5.41) is 3.68. The number of hydrogen-bond acceptors (Lipinski definition) is 6. The summed E-state index contributed by atoms with van der Waals surface area (Å²) in [6.45, 7) is -0.338. The van der Waals surface area contributed by atoms with Crippen LogP contribution in [-0.4, -0.2) is 38.9 Å². The highest BCUT2D eigenvalue weighted by molar-refractivity contribution is 5.96. The van der Waals surface area contributed by atoms with Gasteiger partial charge in [-0.25, -0.2) is 0 Å². The van der Waals surface area contributed by atoms with Crippen LogP contribution in [0.2, 0.25) is 0 Å². The molecule has 0 aliphatic carbocycles. The van der Waals surface area contributed by atoms with Gasteiger partial charge in [-0.1, -0.05) is 35.5 Å². The third-order valence-electron chi connectivity index (χ3n) is 3.23. The summed E-state index contributed by atoms with van der Waals surface area (Å²) in [6, 6.07) is 13.9. The first-order valence-electron chi connectivity index (χ1n) is 7.65. The lowest BCUT2D eigenvalue weighted by Gasteiger charge is -2.10. The first kappa shape index (κ1) is 18.8. The normalized spacial score (nSPS) is 10.2. The molecule has 0 spiro atoms. The van der Waals surface area contributed by atoms with Crippen LogP contribution in [0.25, 0.3) is 0 Å². The Hall–Kier alpha value is -3.55. The largest absolute Gasteiger partial charge is 0.493 e. The number of hydrogen-bond donors (Lipinski definition) is 2. The molecule has 0 unspecified atom stereocenters. The number of carbonyl (C=O) groups is 2. The Bertz CT molecular complexity index is 778. The maximum absolute atomic E-state index is 12.0. The number of oxime groups is 1. The number of amides is 2. The maximum atomic E-state index is 12.0. The fourth-order valence-electron chi connectivity index (χ4n) is 1.95. The molecule has 0 aliphatic heterocycles. The molecule has 2 aromatic rings. The lowest BCUT2D eigenvalue weighted by molar-refractivity contribution is -0.126. The number of methoxy groups -OCH3 is 2. The quantitative estimate of drug-likeness (QED) is 0.578. The zero-order valence-corrected chi connectivity index (χ0v) is 14.4. The Kier molecular flexibility index (Phi) is 6.99. The zero-order chi connectivity index (χ0) is 18.8. The van der Waals surface area contributed by atoms with Crippen molar-refractivity contribution in [3.05, 3.63) is 59.7 Å². The highest BCUT2D eigenvalue weighted by Gasteiger charge is 2.11. The minimum Gasteiger partial charge on any atom is -0.493 e. The molecule has 0 atom stereocenters. The van der Waals surface area contributed by atoms with Crippen molar-refractivity contribution in [2.24, 2.45) is 5.16 Å². The van der Waals surface area contributed by atoms with Crippen LogP contribution in [0, 0.1) is 0 Å². The Labute approximate surface area is 150 Å². The Morgan fingerprint density at radius 3 is 2.42 bits per heavy atom. The second-order valence-electron chi connectivity index (χ2n) is 4.99. The van der Waals surface area contributed by atoms with E-state index in [1.54, 1.807) is 12.1 Å². The summed E-state index contributed by atoms with van der Waals surface area (Å²) in [4.78, 5) is 28.6. The average molecular weight is 357 g/mol. The van der Waals surface area contributed by atoms with Gasteiger partial charge in [-0.05, 0) is 23.8 Å². The summed E-state index contributed by atoms with van der Waals surface area (Å²) in [6.07, 6.45) is 1.48. The van der Waals surface area contributed by atoms with Crippen molar-refractivity contribution < 1.29 is 23.9 Å². The Morgan fingerprint density at radius 1 is 1.00 bits per heavy atom. The van der Waals surface area contributed by atoms with Crippen LogP contribution in [0.3, 0.4) is 0 Å². The topological polar surface area (TPSA) is 98.3 Å². The number of nitrogens with one attached hydrogen (secondary N) is 2. The number of benzene rings is 2. The number of ether oxygens (including phenoxy) is 2. The van der Waals surface area contributed by atoms with Crippen molar-refractivity contribution in [3.8, 4) is 11.5 Å². The molecule has 136 valence electrons. The molecule has 0 heterocycles. The van der Waals surface area contributed by atoms with Crippen molar-refractivity contribution in [2.45, 2.75) is 0 Å². The molecule has 0 saturated carbocycles. The average Bonchev–Trinajstić information content (AvgIpc) is 2.69. The van der Waals surface area contributed by atoms with Gasteiger partial charge in [0, 0.05) is 5.56 Å². The summed E-state index contributed by atoms with van der Waals surface area (Å²) in [5.74, 6) is -0.154. The molecule has 2 N–H and O–H groups in total. The van der Waals surface area contributed by atoms with Crippen LogP contribution in [-0.2, 0) is 9.63 Å². The van der Waals surface area contributed by atoms with Gasteiger partial charge in [-0.2, -0.15) is 0 Å². The monoisotopic (exact) mass is 357 g/mol. The van der Waals surface area contributed by atoms with Crippen LogP contribution in [0.4, 0.5) is 0 Å². The van der Waals surface area contributed by atoms with Crippen LogP contribution in [0.15, 0.2) is 53.7 Å². The molecule has 2 amide bonds. The van der Waals surface area contributed by atoms with Crippen molar-refractivity contribution in [3.63, 3.8) is 0 Å². The molecule has 0 fully saturated rings. The molecule has 2 aromatic carbocycles. The van der Waals surface area contributed by atoms with Crippen molar-refractivity contribution >= 4 is 18.0 Å². The fourth-order valence-corrected chi connectivity index (χ4v) is 1.95. The third-order valence-corrected chi connectivity index (χ3v) is 3.23. The SMILES string of the molecule is COc1ccc(C(=O)NNC(=O)CON=Cc2ccccc2)cc1OC. The number of carbonyl (C=O) groups excluding carboxylic acids is 2. The summed E-state index contributed by atoms with van der Waals surface area (Å²) >= 11 is 0. The number of hydrazine groups is 1. The fraction of sp³-hybridized carbons (Fsp3) is 0.167. The molecule has 0 aromatic heterocycles. The van der Waals surface area contributed by atoms with Gasteiger partial charge in [-0.3, -0.25) is 20.4 Å². The number of rotatable bonds is 7. The van der Waals surface area contributed by atoms with Crippen molar-refractivity contribution in [1.29, 1.82) is 0 Å². The van der Waals surface area contributed by atoms with E-state index in [0.717, 1.165) is 5.56 Å². The van der Waals surface area contributed by atoms with Crippen LogP contribution >= 0.6 is 0 Å². The van der Waals surface area contributed by atoms with Crippen LogP contribution < -0.4 is 20.3 Å². The van der Waals surface area contributed by atoms with E-state index in [0.29, 0.717) is 17.1 Å². The molecule has 0 saturated heterocycles. The van der Waals surface area contributed by atoms with E-state index in [1.807, 2.05) is 30.3 Å². The Morgan fingerprint density at radius 2 is 1.73 bits per heavy atom. The molecule has 26 heavy (non-hydrogen) atoms. The van der Waals surface area contributed by atoms with E-state index in [4.69, 9.17) is 14.3 Å². The second kappa shape index (κ2) is 9.67. The van der Waals surface area contributed by atoms with Gasteiger partial charge in [-0.15, -0.1) is 0 Å². The van der Waals surface area contributed by atoms with Gasteiger partial charge >= 0.3 is 0 Å². The highest BCUT2D eigenvalue weighted by Crippen LogP contribution is 2.27. The summed E-state index contributed by atoms with van der Waals surface area (Å²) < 4.78 is 10.2. The molecule has 0 bridgehead atoms. The van der Waals surface area contributed by atoms with Crippen molar-refractivity contribution in [1.82, 2.24) is 10.9 Å². The molecule has 0 aliphatic rings. The van der Waals surface area contributed by atoms with E-state index in [-0.39, 0.29) is 6.61 Å². The van der Waals surface area contributed by atoms with Gasteiger partial charge < -0.3 is 14.3 Å². The van der Waals surface area contributed by atoms with E-state index in [2.05, 4.69) is 16.0 Å². The van der Waals surface area contributed by atoms with Crippen LogP contribution in [0.5, 0.6) is 11.5 Å². The lowest BCUT2D eigenvalue weighted by atomic mass is 10.2. The summed E-state index contributed by atoms with van der Waals surface area (Å²) in [5.41, 5.74) is 5.66. The summed E-state index contributed by atoms with van der Waals surface area (Å²) in [7, 11) is 2.96. The van der Waals surface area contributed by atoms with E-state index >= 15 is 0 Å². The molecular weight excluding hydrogens is 338 g/mol. The molecule has 0 radical (unpaired) electrons. The lowest BCUT2D eigenvalue weighted by Crippen LogP contribution is -2.43. The van der Waals surface area contributed by atoms with E-state index in [1.165, 1.54) is 26.5 Å². The first-order chi connectivity index (χ1) is 12.6. The standard InChI is InChI=1S/C18H19N3O5/c1-24-15-9-8-14(10-16(15)25-2)18(23)21-20-17(22)12-26-19-11-13-6-4-3-5-7-13/h3-11H,12H2,1-2H3,(H,20,22)(H,21,23). The van der Waals surface area contributed by atoms with Gasteiger partial charge in [0.05, 0.1) is 20.4 Å². The van der Waals surface area contributed by atoms with Gasteiger partial charge in [0.25, 0.3) is 11.8 Å². The second-order valence-corrected chi connectivity index (χ2v) is 4.99. The minimum absolute atomic E-state index is 0.297. The number of nitrogens with zero attached hydrogens (tertiary/aromatic N) is 1. The predicted molar refractivity (Wildman–Crippen MR) is 95.1 cm³/mol. The predicted octanol–water partition coefficient (Wildman–Crippen LogP) is 1.52. The highest BCUT2D eigenvalue weighted by atomic mass is 16.6. The molecule has 2 rings (SSSR count). The third kappa shape index (κ3) is 5.52. The van der Waals surface area contributed by atoms with Gasteiger partial charge in [0.15, 0.2) is 18.1 Å². The molecule has 8 nitrogen and oxygen atoms in total. The molecular formula is C18H19N3O5. The van der Waals surface area contributed by atoms with Gasteiger partial charge in [0.2, 0.25) is 0 Å². The Balaban J connectivity index is 1.78. The zero-order valence-electron chi connectivity index (χ0n) is 14.4. The van der Waals surface area contributed by atoms with E-state index < -0.39 is 11.8 Å². The van der Waals surface area contributed by atoms with E-state index in [9.17, 15) is 9.59 Å². The smallest absolute Gasteiger partial charge is 0.279 e.